The predicted octanol–water partition coefficient (Wildman–Crippen LogP) is 4.11. The van der Waals surface area contributed by atoms with Gasteiger partial charge in [-0.2, -0.15) is 0 Å². The molecule has 2 heterocycles. The van der Waals surface area contributed by atoms with Crippen LogP contribution >= 0.6 is 11.3 Å². The molecule has 0 spiro atoms. The molecule has 6 nitrogen and oxygen atoms in total. The van der Waals surface area contributed by atoms with Crippen LogP contribution in [0.3, 0.4) is 0 Å². The predicted molar refractivity (Wildman–Crippen MR) is 133 cm³/mol. The van der Waals surface area contributed by atoms with E-state index in [0.29, 0.717) is 19.7 Å². The molecule has 184 valence electrons. The molecule has 0 fully saturated rings. The van der Waals surface area contributed by atoms with E-state index in [0.717, 1.165) is 17.5 Å². The summed E-state index contributed by atoms with van der Waals surface area (Å²) in [5.74, 6) is -0.582. The molecule has 0 aliphatic carbocycles. The van der Waals surface area contributed by atoms with Gasteiger partial charge in [0.2, 0.25) is 11.8 Å². The molecule has 0 bridgehead atoms. The van der Waals surface area contributed by atoms with E-state index in [1.165, 1.54) is 10.9 Å². The van der Waals surface area contributed by atoms with Gasteiger partial charge < -0.3 is 19.3 Å². The lowest BCUT2D eigenvalue weighted by Gasteiger charge is -2.37. The van der Waals surface area contributed by atoms with E-state index in [-0.39, 0.29) is 43.2 Å². The van der Waals surface area contributed by atoms with Gasteiger partial charge in [0.25, 0.3) is 0 Å². The first-order valence-corrected chi connectivity index (χ1v) is 12.5. The van der Waals surface area contributed by atoms with Crippen molar-refractivity contribution in [3.05, 3.63) is 87.9 Å². The Morgan fingerprint density at radius 2 is 1.89 bits per heavy atom. The zero-order chi connectivity index (χ0) is 24.6. The van der Waals surface area contributed by atoms with Crippen molar-refractivity contribution in [2.24, 2.45) is 0 Å². The number of thiophene rings is 1. The van der Waals surface area contributed by atoms with Crippen LogP contribution in [0.5, 0.6) is 5.75 Å². The van der Waals surface area contributed by atoms with E-state index in [4.69, 9.17) is 9.47 Å². The summed E-state index contributed by atoms with van der Waals surface area (Å²) in [6.45, 7) is 1.25. The van der Waals surface area contributed by atoms with Crippen molar-refractivity contribution in [2.75, 3.05) is 40.0 Å². The molecule has 0 saturated heterocycles. The van der Waals surface area contributed by atoms with Gasteiger partial charge in [0.05, 0.1) is 25.6 Å². The molecular formula is C27H29FN2O4S. The molecule has 1 aliphatic rings. The summed E-state index contributed by atoms with van der Waals surface area (Å²) in [6.07, 6.45) is 0.956. The van der Waals surface area contributed by atoms with Gasteiger partial charge in [-0.3, -0.25) is 9.59 Å². The maximum absolute atomic E-state index is 14.1. The van der Waals surface area contributed by atoms with Crippen LogP contribution in [0.15, 0.2) is 66.0 Å². The summed E-state index contributed by atoms with van der Waals surface area (Å²) in [4.78, 5) is 31.1. The number of hydrogen-bond acceptors (Lipinski definition) is 5. The molecule has 0 N–H and O–H groups in total. The normalized spacial score (nSPS) is 14.9. The monoisotopic (exact) mass is 496 g/mol. The second-order valence-electron chi connectivity index (χ2n) is 8.36. The molecule has 1 aromatic heterocycles. The van der Waals surface area contributed by atoms with E-state index >= 15 is 0 Å². The van der Waals surface area contributed by atoms with Crippen LogP contribution in [0.25, 0.3) is 0 Å². The Morgan fingerprint density at radius 3 is 2.66 bits per heavy atom. The Morgan fingerprint density at radius 1 is 1.11 bits per heavy atom. The minimum Gasteiger partial charge on any atom is -0.488 e. The van der Waals surface area contributed by atoms with Gasteiger partial charge >= 0.3 is 0 Å². The molecule has 4 rings (SSSR count). The number of para-hydroxylation sites is 1. The van der Waals surface area contributed by atoms with Crippen molar-refractivity contribution in [1.82, 2.24) is 9.80 Å². The standard InChI is InChI=1S/C27H29FN2O4S/c1-33-15-14-29(26(31)17-20-7-3-2-4-8-20)18-27(32)30-13-11-25-21(12-16-35-25)23(30)19-34-24-10-6-5-9-22(24)28/h2-10,12,16,23H,11,13-15,17-19H2,1H3. The number of ether oxygens (including phenoxy) is 2. The SMILES string of the molecule is COCCN(CC(=O)N1CCc2sccc2C1COc1ccccc1F)C(=O)Cc1ccccc1. The topological polar surface area (TPSA) is 59.1 Å². The Bertz CT molecular complexity index is 1140. The Kier molecular flexibility index (Phi) is 8.50. The fraction of sp³-hybridized carbons (Fsp3) is 0.333. The number of nitrogens with zero attached hydrogens (tertiary/aromatic N) is 2. The van der Waals surface area contributed by atoms with Gasteiger partial charge in [0.1, 0.15) is 6.61 Å². The third-order valence-electron chi connectivity index (χ3n) is 6.09. The Hall–Kier alpha value is -3.23. The minimum atomic E-state index is -0.441. The molecule has 35 heavy (non-hydrogen) atoms. The number of rotatable bonds is 10. The minimum absolute atomic E-state index is 0.0509. The molecule has 3 aromatic rings. The van der Waals surface area contributed by atoms with Crippen LogP contribution in [-0.2, 0) is 27.2 Å². The molecule has 1 unspecified atom stereocenters. The first kappa shape index (κ1) is 24.9. The molecular weight excluding hydrogens is 467 g/mol. The fourth-order valence-corrected chi connectivity index (χ4v) is 5.16. The largest absolute Gasteiger partial charge is 0.488 e. The quantitative estimate of drug-likeness (QED) is 0.424. The van der Waals surface area contributed by atoms with Gasteiger partial charge in [-0.25, -0.2) is 4.39 Å². The lowest BCUT2D eigenvalue weighted by molar-refractivity contribution is -0.143. The van der Waals surface area contributed by atoms with E-state index < -0.39 is 5.82 Å². The van der Waals surface area contributed by atoms with Crippen LogP contribution in [-0.4, -0.2) is 61.6 Å². The smallest absolute Gasteiger partial charge is 0.242 e. The number of carbonyl (C=O) groups is 2. The van der Waals surface area contributed by atoms with E-state index in [2.05, 4.69) is 0 Å². The zero-order valence-corrected chi connectivity index (χ0v) is 20.5. The van der Waals surface area contributed by atoms with E-state index in [1.807, 2.05) is 41.8 Å². The van der Waals surface area contributed by atoms with Gasteiger partial charge in [-0.1, -0.05) is 42.5 Å². The Balaban J connectivity index is 1.49. The molecule has 0 radical (unpaired) electrons. The second kappa shape index (κ2) is 12.0. The maximum atomic E-state index is 14.1. The lowest BCUT2D eigenvalue weighted by atomic mass is 10.0. The molecule has 1 aliphatic heterocycles. The van der Waals surface area contributed by atoms with Gasteiger partial charge in [-0.15, -0.1) is 11.3 Å². The summed E-state index contributed by atoms with van der Waals surface area (Å²) in [5.41, 5.74) is 1.91. The third kappa shape index (κ3) is 6.26. The highest BCUT2D eigenvalue weighted by molar-refractivity contribution is 7.10. The van der Waals surface area contributed by atoms with Crippen molar-refractivity contribution < 1.29 is 23.5 Å². The first-order chi connectivity index (χ1) is 17.1. The first-order valence-electron chi connectivity index (χ1n) is 11.6. The third-order valence-corrected chi connectivity index (χ3v) is 7.09. The fourth-order valence-electron chi connectivity index (χ4n) is 4.23. The van der Waals surface area contributed by atoms with Crippen molar-refractivity contribution in [2.45, 2.75) is 18.9 Å². The molecule has 2 amide bonds. The van der Waals surface area contributed by atoms with Crippen molar-refractivity contribution in [3.8, 4) is 5.75 Å². The highest BCUT2D eigenvalue weighted by Gasteiger charge is 2.33. The highest BCUT2D eigenvalue weighted by Crippen LogP contribution is 2.34. The molecule has 2 aromatic carbocycles. The summed E-state index contributed by atoms with van der Waals surface area (Å²) in [7, 11) is 1.57. The highest BCUT2D eigenvalue weighted by atomic mass is 32.1. The Labute approximate surface area is 208 Å². The van der Waals surface area contributed by atoms with E-state index in [9.17, 15) is 14.0 Å². The van der Waals surface area contributed by atoms with Crippen molar-refractivity contribution in [3.63, 3.8) is 0 Å². The van der Waals surface area contributed by atoms with Crippen LogP contribution < -0.4 is 4.74 Å². The summed E-state index contributed by atoms with van der Waals surface area (Å²) < 4.78 is 25.1. The number of hydrogen-bond donors (Lipinski definition) is 0. The summed E-state index contributed by atoms with van der Waals surface area (Å²) >= 11 is 1.65. The van der Waals surface area contributed by atoms with Gasteiger partial charge in [0, 0.05) is 25.1 Å². The number of methoxy groups -OCH3 is 1. The number of carbonyl (C=O) groups excluding carboxylic acids is 2. The molecule has 1 atom stereocenters. The van der Waals surface area contributed by atoms with Crippen LogP contribution in [0, 0.1) is 5.82 Å². The van der Waals surface area contributed by atoms with Crippen LogP contribution in [0.4, 0.5) is 4.39 Å². The number of benzene rings is 2. The lowest BCUT2D eigenvalue weighted by Crippen LogP contribution is -2.48. The van der Waals surface area contributed by atoms with Crippen molar-refractivity contribution in [1.29, 1.82) is 0 Å². The van der Waals surface area contributed by atoms with Crippen molar-refractivity contribution >= 4 is 23.2 Å². The average molecular weight is 497 g/mol. The maximum Gasteiger partial charge on any atom is 0.242 e. The summed E-state index contributed by atoms with van der Waals surface area (Å²) in [6, 6.07) is 17.4. The number of amides is 2. The van der Waals surface area contributed by atoms with Crippen LogP contribution in [0.1, 0.15) is 22.0 Å². The summed E-state index contributed by atoms with van der Waals surface area (Å²) in [5, 5.41) is 2.00. The molecule has 8 heteroatoms. The van der Waals surface area contributed by atoms with Crippen LogP contribution in [0.2, 0.25) is 0 Å². The average Bonchev–Trinajstić information content (AvgIpc) is 3.35. The van der Waals surface area contributed by atoms with Gasteiger partial charge in [0.15, 0.2) is 11.6 Å². The number of fused-ring (bicyclic) bond motifs is 1. The zero-order valence-electron chi connectivity index (χ0n) is 19.7. The number of halogens is 1. The molecule has 0 saturated carbocycles. The van der Waals surface area contributed by atoms with E-state index in [1.54, 1.807) is 46.4 Å². The van der Waals surface area contributed by atoms with Gasteiger partial charge in [-0.05, 0) is 41.1 Å². The second-order valence-corrected chi connectivity index (χ2v) is 9.36.